The number of sulfonamides is 1. The fraction of sp³-hybridized carbons (Fsp3) is 0.250. The Morgan fingerprint density at radius 3 is 1.83 bits per heavy atom. The Kier molecular flexibility index (Phi) is 6.77. The van der Waals surface area contributed by atoms with E-state index in [1.165, 1.54) is 28.6 Å². The number of anilines is 2. The molecule has 0 amide bonds. The summed E-state index contributed by atoms with van der Waals surface area (Å²) in [7, 11) is -3.86. The first-order chi connectivity index (χ1) is 14.3. The van der Waals surface area contributed by atoms with Crippen molar-refractivity contribution in [3.8, 4) is 0 Å². The van der Waals surface area contributed by atoms with E-state index in [-0.39, 0.29) is 11.4 Å². The highest BCUT2D eigenvalue weighted by Gasteiger charge is 2.25. The van der Waals surface area contributed by atoms with Crippen molar-refractivity contribution < 1.29 is 12.8 Å². The van der Waals surface area contributed by atoms with Crippen LogP contribution in [0.3, 0.4) is 0 Å². The molecule has 0 aliphatic heterocycles. The molecule has 3 rings (SSSR count). The number of halogens is 1. The number of hydrogen-bond acceptors (Lipinski definition) is 3. The van der Waals surface area contributed by atoms with E-state index in [9.17, 15) is 12.8 Å². The molecule has 30 heavy (non-hydrogen) atoms. The summed E-state index contributed by atoms with van der Waals surface area (Å²) in [5.41, 5.74) is 3.59. The van der Waals surface area contributed by atoms with Crippen LogP contribution < -0.4 is 9.21 Å². The third-order valence-corrected chi connectivity index (χ3v) is 6.90. The Morgan fingerprint density at radius 1 is 0.767 bits per heavy atom. The van der Waals surface area contributed by atoms with Crippen molar-refractivity contribution in [1.29, 1.82) is 0 Å². The van der Waals surface area contributed by atoms with Crippen molar-refractivity contribution in [2.24, 2.45) is 0 Å². The normalized spacial score (nSPS) is 11.3. The summed E-state index contributed by atoms with van der Waals surface area (Å²) in [6.07, 6.45) is 0. The quantitative estimate of drug-likeness (QED) is 0.486. The molecule has 0 heterocycles. The minimum absolute atomic E-state index is 0.0595. The summed E-state index contributed by atoms with van der Waals surface area (Å²) in [5, 5.41) is 0. The molecule has 0 saturated heterocycles. The maximum atomic E-state index is 13.4. The molecule has 0 unspecified atom stereocenters. The van der Waals surface area contributed by atoms with E-state index in [0.29, 0.717) is 5.69 Å². The van der Waals surface area contributed by atoms with Crippen molar-refractivity contribution in [3.63, 3.8) is 0 Å². The van der Waals surface area contributed by atoms with Crippen LogP contribution in [0.25, 0.3) is 0 Å². The highest BCUT2D eigenvalue weighted by atomic mass is 32.2. The molecule has 0 aliphatic rings. The Bertz CT molecular complexity index is 1060. The van der Waals surface area contributed by atoms with Gasteiger partial charge >= 0.3 is 0 Å². The lowest BCUT2D eigenvalue weighted by Crippen LogP contribution is -2.30. The highest BCUT2D eigenvalue weighted by molar-refractivity contribution is 7.92. The molecule has 0 saturated carbocycles. The second kappa shape index (κ2) is 9.30. The van der Waals surface area contributed by atoms with E-state index in [0.717, 1.165) is 29.9 Å². The maximum Gasteiger partial charge on any atom is 0.264 e. The van der Waals surface area contributed by atoms with Crippen LogP contribution >= 0.6 is 0 Å². The smallest absolute Gasteiger partial charge is 0.264 e. The third-order valence-electron chi connectivity index (χ3n) is 5.11. The van der Waals surface area contributed by atoms with E-state index < -0.39 is 15.8 Å². The summed E-state index contributed by atoms with van der Waals surface area (Å²) in [6.45, 7) is 8.15. The average molecular weight is 427 g/mol. The lowest BCUT2D eigenvalue weighted by molar-refractivity contribution is 0.589. The molecular formula is C24H27FN2O2S. The predicted octanol–water partition coefficient (Wildman–Crippen LogP) is 5.38. The number of rotatable bonds is 8. The molecule has 3 aromatic rings. The third kappa shape index (κ3) is 4.82. The second-order valence-corrected chi connectivity index (χ2v) is 9.00. The van der Waals surface area contributed by atoms with Gasteiger partial charge in [-0.3, -0.25) is 4.31 Å². The number of benzene rings is 3. The summed E-state index contributed by atoms with van der Waals surface area (Å²) < 4.78 is 41.5. The molecule has 0 bridgehead atoms. The predicted molar refractivity (Wildman–Crippen MR) is 121 cm³/mol. The van der Waals surface area contributed by atoms with Gasteiger partial charge in [-0.25, -0.2) is 12.8 Å². The first-order valence-electron chi connectivity index (χ1n) is 10.0. The monoisotopic (exact) mass is 426 g/mol. The van der Waals surface area contributed by atoms with Crippen molar-refractivity contribution in [3.05, 3.63) is 89.7 Å². The molecule has 0 radical (unpaired) electrons. The van der Waals surface area contributed by atoms with Crippen molar-refractivity contribution in [2.75, 3.05) is 22.3 Å². The van der Waals surface area contributed by atoms with Crippen LogP contribution in [0.1, 0.15) is 25.0 Å². The van der Waals surface area contributed by atoms with Crippen LogP contribution in [0.4, 0.5) is 15.8 Å². The zero-order valence-corrected chi connectivity index (χ0v) is 18.4. The molecule has 4 nitrogen and oxygen atoms in total. The minimum Gasteiger partial charge on any atom is -0.372 e. The Balaban J connectivity index is 1.98. The van der Waals surface area contributed by atoms with Crippen LogP contribution in [0.15, 0.2) is 77.7 Å². The van der Waals surface area contributed by atoms with Crippen molar-refractivity contribution >= 4 is 21.4 Å². The van der Waals surface area contributed by atoms with Gasteiger partial charge in [0.2, 0.25) is 0 Å². The Labute approximate surface area is 178 Å². The fourth-order valence-corrected chi connectivity index (χ4v) is 4.78. The number of nitrogens with zero attached hydrogens (tertiary/aromatic N) is 2. The summed E-state index contributed by atoms with van der Waals surface area (Å²) in [5.74, 6) is -0.470. The highest BCUT2D eigenvalue weighted by Crippen LogP contribution is 2.27. The van der Waals surface area contributed by atoms with E-state index in [2.05, 4.69) is 18.7 Å². The van der Waals surface area contributed by atoms with Gasteiger partial charge in [0.05, 0.1) is 17.1 Å². The lowest BCUT2D eigenvalue weighted by Gasteiger charge is -2.26. The molecule has 158 valence electrons. The van der Waals surface area contributed by atoms with Gasteiger partial charge < -0.3 is 4.90 Å². The van der Waals surface area contributed by atoms with Gasteiger partial charge in [0.25, 0.3) is 10.0 Å². The van der Waals surface area contributed by atoms with Crippen LogP contribution in [0.5, 0.6) is 0 Å². The van der Waals surface area contributed by atoms with Gasteiger partial charge in [-0.2, -0.15) is 0 Å². The molecule has 0 aromatic heterocycles. The van der Waals surface area contributed by atoms with Crippen LogP contribution in [0, 0.1) is 12.7 Å². The van der Waals surface area contributed by atoms with Gasteiger partial charge in [-0.05, 0) is 74.9 Å². The van der Waals surface area contributed by atoms with Crippen LogP contribution in [-0.2, 0) is 16.6 Å². The maximum absolute atomic E-state index is 13.4. The summed E-state index contributed by atoms with van der Waals surface area (Å²) in [6, 6.07) is 20.2. The Hall–Kier alpha value is -2.86. The topological polar surface area (TPSA) is 40.6 Å². The Morgan fingerprint density at radius 2 is 1.30 bits per heavy atom. The van der Waals surface area contributed by atoms with Gasteiger partial charge in [-0.15, -0.1) is 0 Å². The second-order valence-electron chi connectivity index (χ2n) is 7.14. The fourth-order valence-electron chi connectivity index (χ4n) is 3.33. The molecule has 0 fully saturated rings. The largest absolute Gasteiger partial charge is 0.372 e. The van der Waals surface area contributed by atoms with E-state index in [1.54, 1.807) is 12.1 Å². The molecule has 0 aliphatic carbocycles. The van der Waals surface area contributed by atoms with E-state index in [1.807, 2.05) is 43.3 Å². The van der Waals surface area contributed by atoms with Crippen LogP contribution in [0.2, 0.25) is 0 Å². The van der Waals surface area contributed by atoms with Gasteiger partial charge in [0.1, 0.15) is 5.82 Å². The number of hydrogen-bond donors (Lipinski definition) is 0. The molecule has 6 heteroatoms. The van der Waals surface area contributed by atoms with Gasteiger partial charge in [0, 0.05) is 18.8 Å². The van der Waals surface area contributed by atoms with Crippen LogP contribution in [-0.4, -0.2) is 21.5 Å². The average Bonchev–Trinajstić information content (AvgIpc) is 2.75. The van der Waals surface area contributed by atoms with Crippen molar-refractivity contribution in [2.45, 2.75) is 32.2 Å². The standard InChI is InChI=1S/C24H27FN2O2S/c1-4-26(5-2)22-14-8-20(9-15-22)18-27(23-12-6-19(3)7-13-23)30(28,29)24-16-10-21(25)11-17-24/h6-17H,4-5,18H2,1-3H3. The number of aryl methyl sites for hydroxylation is 1. The van der Waals surface area contributed by atoms with Gasteiger partial charge in [0.15, 0.2) is 0 Å². The lowest BCUT2D eigenvalue weighted by atomic mass is 10.1. The molecular weight excluding hydrogens is 399 g/mol. The minimum atomic E-state index is -3.86. The summed E-state index contributed by atoms with van der Waals surface area (Å²) in [4.78, 5) is 2.29. The molecule has 0 spiro atoms. The summed E-state index contributed by atoms with van der Waals surface area (Å²) >= 11 is 0. The zero-order valence-electron chi connectivity index (χ0n) is 17.5. The van der Waals surface area contributed by atoms with E-state index >= 15 is 0 Å². The van der Waals surface area contributed by atoms with Gasteiger partial charge in [-0.1, -0.05) is 29.8 Å². The molecule has 0 atom stereocenters. The first kappa shape index (κ1) is 21.8. The van der Waals surface area contributed by atoms with E-state index in [4.69, 9.17) is 0 Å². The molecule has 3 aromatic carbocycles. The SMILES string of the molecule is CCN(CC)c1ccc(CN(c2ccc(C)cc2)S(=O)(=O)c2ccc(F)cc2)cc1. The zero-order chi connectivity index (χ0) is 21.7. The molecule has 0 N–H and O–H groups in total. The first-order valence-corrected chi connectivity index (χ1v) is 11.5. The van der Waals surface area contributed by atoms with Crippen molar-refractivity contribution in [1.82, 2.24) is 0 Å².